The summed E-state index contributed by atoms with van der Waals surface area (Å²) in [5.74, 6) is -0.380. The summed E-state index contributed by atoms with van der Waals surface area (Å²) in [6.07, 6.45) is -4.06. The topological polar surface area (TPSA) is 55.6 Å². The van der Waals surface area contributed by atoms with Crippen molar-refractivity contribution in [3.63, 3.8) is 0 Å². The monoisotopic (exact) mass is 483 g/mol. The number of benzene rings is 2. The molecule has 32 heavy (non-hydrogen) atoms. The lowest BCUT2D eigenvalue weighted by Gasteiger charge is -2.11. The van der Waals surface area contributed by atoms with Gasteiger partial charge in [0.2, 0.25) is 5.91 Å². The van der Waals surface area contributed by atoms with Crippen LogP contribution in [0.3, 0.4) is 0 Å². The Bertz CT molecular complexity index is 1110. The van der Waals surface area contributed by atoms with Gasteiger partial charge in [0.15, 0.2) is 4.80 Å². The van der Waals surface area contributed by atoms with E-state index in [4.69, 9.17) is 16.6 Å². The molecule has 0 spiro atoms. The normalized spacial score (nSPS) is 12.1. The predicted octanol–water partition coefficient (Wildman–Crippen LogP) is 5.40. The molecule has 2 aromatic carbocycles. The molecule has 10 heteroatoms. The van der Waals surface area contributed by atoms with Crippen LogP contribution in [0, 0.1) is 0 Å². The molecule has 0 fully saturated rings. The van der Waals surface area contributed by atoms with E-state index in [-0.39, 0.29) is 11.7 Å². The molecule has 3 rings (SSSR count). The number of alkyl halides is 3. The quantitative estimate of drug-likeness (QED) is 0.436. The first kappa shape index (κ1) is 23.9. The van der Waals surface area contributed by atoms with Crippen LogP contribution in [0.5, 0.6) is 5.75 Å². The molecule has 0 aliphatic rings. The zero-order chi connectivity index (χ0) is 23.1. The number of amides is 1. The Balaban J connectivity index is 1.86. The molecule has 1 amide bonds. The molecular formula is C22H21ClF3N3O2S. The minimum atomic E-state index is -4.73. The van der Waals surface area contributed by atoms with Crippen LogP contribution in [-0.4, -0.2) is 23.4 Å². The van der Waals surface area contributed by atoms with Gasteiger partial charge in [0.25, 0.3) is 0 Å². The Morgan fingerprint density at radius 3 is 2.47 bits per heavy atom. The molecule has 5 nitrogen and oxygen atoms in total. The second-order valence-corrected chi connectivity index (χ2v) is 8.18. The van der Waals surface area contributed by atoms with Gasteiger partial charge < -0.3 is 14.6 Å². The molecular weight excluding hydrogens is 463 g/mol. The summed E-state index contributed by atoms with van der Waals surface area (Å²) in [5, 5.41) is 5.33. The highest BCUT2D eigenvalue weighted by molar-refractivity contribution is 7.07. The average Bonchev–Trinajstić information content (AvgIpc) is 3.13. The van der Waals surface area contributed by atoms with Crippen LogP contribution in [0.4, 0.5) is 13.2 Å². The van der Waals surface area contributed by atoms with Gasteiger partial charge in [-0.3, -0.25) is 9.79 Å². The molecule has 0 aliphatic carbocycles. The summed E-state index contributed by atoms with van der Waals surface area (Å²) in [6.45, 7) is 3.01. The van der Waals surface area contributed by atoms with E-state index >= 15 is 0 Å². The zero-order valence-corrected chi connectivity index (χ0v) is 18.7. The van der Waals surface area contributed by atoms with Crippen molar-refractivity contribution >= 4 is 28.8 Å². The maximum absolute atomic E-state index is 12.4. The van der Waals surface area contributed by atoms with Crippen molar-refractivity contribution in [3.05, 3.63) is 69.3 Å². The maximum Gasteiger partial charge on any atom is 0.573 e. The van der Waals surface area contributed by atoms with Gasteiger partial charge in [-0.25, -0.2) is 0 Å². The number of carbonyl (C=O) groups excluding carboxylic acids is 1. The number of thiazole rings is 1. The lowest BCUT2D eigenvalue weighted by atomic mass is 10.1. The molecule has 0 atom stereocenters. The molecule has 3 aromatic rings. The van der Waals surface area contributed by atoms with E-state index in [1.54, 1.807) is 24.3 Å². The molecule has 0 aliphatic heterocycles. The van der Waals surface area contributed by atoms with E-state index in [1.807, 2.05) is 22.1 Å². The Morgan fingerprint density at radius 1 is 1.16 bits per heavy atom. The standard InChI is InChI=1S/C22H21ClF3N3O2S/c1-15(30)27-11-2-12-29-20(17-5-9-19(10-6-17)31-22(24,25)26)14-32-21(29)28-13-16-3-7-18(23)8-4-16/h3-10,14H,2,11-13H2,1H3,(H,27,30). The highest BCUT2D eigenvalue weighted by Crippen LogP contribution is 2.27. The number of rotatable bonds is 8. The van der Waals surface area contributed by atoms with Crippen LogP contribution in [-0.2, 0) is 17.9 Å². The Hall–Kier alpha value is -2.78. The molecule has 1 N–H and O–H groups in total. The minimum Gasteiger partial charge on any atom is -0.406 e. The molecule has 170 valence electrons. The summed E-state index contributed by atoms with van der Waals surface area (Å²) in [5.41, 5.74) is 2.57. The van der Waals surface area contributed by atoms with Crippen LogP contribution >= 0.6 is 22.9 Å². The first-order valence-electron chi connectivity index (χ1n) is 9.75. The third-order valence-corrected chi connectivity index (χ3v) is 5.58. The van der Waals surface area contributed by atoms with Crippen molar-refractivity contribution < 1.29 is 22.7 Å². The summed E-state index contributed by atoms with van der Waals surface area (Å²) in [4.78, 5) is 16.6. The highest BCUT2D eigenvalue weighted by Gasteiger charge is 2.31. The van der Waals surface area contributed by atoms with Gasteiger partial charge in [-0.05, 0) is 53.9 Å². The molecule has 0 radical (unpaired) electrons. The molecule has 1 aromatic heterocycles. The fourth-order valence-electron chi connectivity index (χ4n) is 2.98. The van der Waals surface area contributed by atoms with E-state index in [2.05, 4.69) is 10.1 Å². The van der Waals surface area contributed by atoms with Gasteiger partial charge >= 0.3 is 6.36 Å². The highest BCUT2D eigenvalue weighted by atomic mass is 35.5. The first-order chi connectivity index (χ1) is 15.2. The number of hydrogen-bond acceptors (Lipinski definition) is 4. The molecule has 0 unspecified atom stereocenters. The lowest BCUT2D eigenvalue weighted by Crippen LogP contribution is -2.24. The molecule has 1 heterocycles. The third-order valence-electron chi connectivity index (χ3n) is 4.42. The largest absolute Gasteiger partial charge is 0.573 e. The number of hydrogen-bond donors (Lipinski definition) is 1. The van der Waals surface area contributed by atoms with Crippen LogP contribution < -0.4 is 14.9 Å². The predicted molar refractivity (Wildman–Crippen MR) is 118 cm³/mol. The van der Waals surface area contributed by atoms with Gasteiger partial charge in [0, 0.05) is 30.4 Å². The van der Waals surface area contributed by atoms with Gasteiger partial charge in [0.05, 0.1) is 12.2 Å². The molecule has 0 saturated heterocycles. The number of aromatic nitrogens is 1. The lowest BCUT2D eigenvalue weighted by molar-refractivity contribution is -0.274. The number of carbonyl (C=O) groups is 1. The second-order valence-electron chi connectivity index (χ2n) is 6.91. The van der Waals surface area contributed by atoms with E-state index in [0.717, 1.165) is 21.6 Å². The van der Waals surface area contributed by atoms with E-state index < -0.39 is 6.36 Å². The SMILES string of the molecule is CC(=O)NCCCn1c(-c2ccc(OC(F)(F)F)cc2)csc1=NCc1ccc(Cl)cc1. The van der Waals surface area contributed by atoms with Gasteiger partial charge in [-0.2, -0.15) is 0 Å². The fraction of sp³-hybridized carbons (Fsp3) is 0.273. The van der Waals surface area contributed by atoms with E-state index in [1.165, 1.54) is 30.4 Å². The zero-order valence-electron chi connectivity index (χ0n) is 17.2. The van der Waals surface area contributed by atoms with Crippen molar-refractivity contribution in [2.75, 3.05) is 6.54 Å². The smallest absolute Gasteiger partial charge is 0.406 e. The number of halogens is 4. The Kier molecular flexibility index (Phi) is 7.98. The third kappa shape index (κ3) is 7.13. The Morgan fingerprint density at radius 2 is 1.84 bits per heavy atom. The van der Waals surface area contributed by atoms with Crippen molar-refractivity contribution in [2.45, 2.75) is 32.8 Å². The maximum atomic E-state index is 12.4. The number of nitrogens with zero attached hydrogens (tertiary/aromatic N) is 2. The van der Waals surface area contributed by atoms with Crippen molar-refractivity contribution in [2.24, 2.45) is 4.99 Å². The van der Waals surface area contributed by atoms with E-state index in [9.17, 15) is 18.0 Å². The van der Waals surface area contributed by atoms with Gasteiger partial charge in [-0.1, -0.05) is 23.7 Å². The Labute approximate surface area is 192 Å². The number of ether oxygens (including phenoxy) is 1. The van der Waals surface area contributed by atoms with Crippen molar-refractivity contribution in [3.8, 4) is 17.0 Å². The second kappa shape index (κ2) is 10.7. The fourth-order valence-corrected chi connectivity index (χ4v) is 4.04. The summed E-state index contributed by atoms with van der Waals surface area (Å²) in [7, 11) is 0. The van der Waals surface area contributed by atoms with Gasteiger partial charge in [0.1, 0.15) is 5.75 Å². The molecule has 0 saturated carbocycles. The minimum absolute atomic E-state index is 0.103. The molecule has 0 bridgehead atoms. The van der Waals surface area contributed by atoms with Crippen LogP contribution in [0.15, 0.2) is 58.9 Å². The first-order valence-corrected chi connectivity index (χ1v) is 11.0. The van der Waals surface area contributed by atoms with Crippen molar-refractivity contribution in [1.29, 1.82) is 0 Å². The number of nitrogens with one attached hydrogen (secondary N) is 1. The average molecular weight is 484 g/mol. The van der Waals surface area contributed by atoms with Crippen LogP contribution in [0.2, 0.25) is 5.02 Å². The summed E-state index contributed by atoms with van der Waals surface area (Å²) >= 11 is 7.37. The van der Waals surface area contributed by atoms with Crippen LogP contribution in [0.1, 0.15) is 18.9 Å². The summed E-state index contributed by atoms with van der Waals surface area (Å²) in [6, 6.07) is 13.1. The summed E-state index contributed by atoms with van der Waals surface area (Å²) < 4.78 is 43.3. The van der Waals surface area contributed by atoms with Crippen LogP contribution in [0.25, 0.3) is 11.3 Å². The van der Waals surface area contributed by atoms with Crippen molar-refractivity contribution in [1.82, 2.24) is 9.88 Å². The van der Waals surface area contributed by atoms with E-state index in [0.29, 0.717) is 31.1 Å². The van der Waals surface area contributed by atoms with Gasteiger partial charge in [-0.15, -0.1) is 24.5 Å².